The van der Waals surface area contributed by atoms with E-state index in [1.807, 2.05) is 70.4 Å². The summed E-state index contributed by atoms with van der Waals surface area (Å²) in [4.78, 5) is 15.4. The average molecular weight is 388 g/mol. The van der Waals surface area contributed by atoms with Crippen LogP contribution in [0.15, 0.2) is 67.0 Å². The van der Waals surface area contributed by atoms with Gasteiger partial charge in [-0.3, -0.25) is 4.79 Å². The molecule has 1 fully saturated rings. The fourth-order valence-electron chi connectivity index (χ4n) is 4.22. The zero-order valence-electron chi connectivity index (χ0n) is 16.3. The van der Waals surface area contributed by atoms with E-state index in [0.29, 0.717) is 13.2 Å². The third-order valence-electron chi connectivity index (χ3n) is 5.67. The minimum absolute atomic E-state index is 0.0647. The van der Waals surface area contributed by atoms with Crippen LogP contribution in [0.4, 0.5) is 0 Å². The third kappa shape index (κ3) is 3.48. The van der Waals surface area contributed by atoms with Gasteiger partial charge in [-0.05, 0) is 60.9 Å². The molecule has 5 heteroatoms. The Bertz CT molecular complexity index is 1010. The molecular weight excluding hydrogens is 364 g/mol. The Hall–Kier alpha value is -3.21. The SMILES string of the molecule is O=C(c1cccc(-n2cccc2)c1)N1CCCC1c1ccc2c(c1)OCCCO2. The van der Waals surface area contributed by atoms with E-state index in [2.05, 4.69) is 6.07 Å². The predicted octanol–water partition coefficient (Wildman–Crippen LogP) is 4.62. The number of benzene rings is 2. The molecule has 5 rings (SSSR count). The van der Waals surface area contributed by atoms with Crippen LogP contribution in [0.25, 0.3) is 5.69 Å². The molecule has 0 N–H and O–H groups in total. The van der Waals surface area contributed by atoms with Gasteiger partial charge in [0.1, 0.15) is 0 Å². The van der Waals surface area contributed by atoms with Crippen molar-refractivity contribution in [3.63, 3.8) is 0 Å². The second-order valence-electron chi connectivity index (χ2n) is 7.55. The number of fused-ring (bicyclic) bond motifs is 1. The van der Waals surface area contributed by atoms with E-state index in [1.54, 1.807) is 0 Å². The summed E-state index contributed by atoms with van der Waals surface area (Å²) >= 11 is 0. The van der Waals surface area contributed by atoms with Gasteiger partial charge in [0.15, 0.2) is 11.5 Å². The van der Waals surface area contributed by atoms with Crippen LogP contribution in [0.3, 0.4) is 0 Å². The van der Waals surface area contributed by atoms with Crippen LogP contribution in [0, 0.1) is 0 Å². The number of rotatable bonds is 3. The Kier molecular flexibility index (Phi) is 4.72. The maximum atomic E-state index is 13.4. The zero-order valence-corrected chi connectivity index (χ0v) is 16.3. The summed E-state index contributed by atoms with van der Waals surface area (Å²) in [5.41, 5.74) is 2.83. The van der Waals surface area contributed by atoms with E-state index in [4.69, 9.17) is 9.47 Å². The first-order valence-electron chi connectivity index (χ1n) is 10.2. The Morgan fingerprint density at radius 3 is 2.59 bits per heavy atom. The van der Waals surface area contributed by atoms with Crippen molar-refractivity contribution in [2.24, 2.45) is 0 Å². The first-order chi connectivity index (χ1) is 14.3. The van der Waals surface area contributed by atoms with Crippen LogP contribution in [0.2, 0.25) is 0 Å². The van der Waals surface area contributed by atoms with Crippen molar-refractivity contribution in [2.45, 2.75) is 25.3 Å². The zero-order chi connectivity index (χ0) is 19.6. The summed E-state index contributed by atoms with van der Waals surface area (Å²) in [5, 5.41) is 0. The van der Waals surface area contributed by atoms with Crippen LogP contribution >= 0.6 is 0 Å². The quantitative estimate of drug-likeness (QED) is 0.658. The monoisotopic (exact) mass is 388 g/mol. The molecule has 0 radical (unpaired) electrons. The van der Waals surface area contributed by atoms with Gasteiger partial charge in [0.25, 0.3) is 5.91 Å². The first kappa shape index (κ1) is 17.9. The van der Waals surface area contributed by atoms with Crippen molar-refractivity contribution in [1.29, 1.82) is 0 Å². The number of carbonyl (C=O) groups is 1. The van der Waals surface area contributed by atoms with Crippen molar-refractivity contribution in [1.82, 2.24) is 9.47 Å². The summed E-state index contributed by atoms with van der Waals surface area (Å²) in [6.45, 7) is 2.11. The van der Waals surface area contributed by atoms with E-state index in [9.17, 15) is 4.79 Å². The molecule has 3 heterocycles. The molecule has 1 amide bonds. The van der Waals surface area contributed by atoms with Gasteiger partial charge in [0, 0.05) is 36.6 Å². The Morgan fingerprint density at radius 2 is 1.72 bits per heavy atom. The lowest BCUT2D eigenvalue weighted by Crippen LogP contribution is -2.30. The van der Waals surface area contributed by atoms with Crippen molar-refractivity contribution in [3.05, 3.63) is 78.1 Å². The number of ether oxygens (including phenoxy) is 2. The highest BCUT2D eigenvalue weighted by atomic mass is 16.5. The number of carbonyl (C=O) groups excluding carboxylic acids is 1. The van der Waals surface area contributed by atoms with Gasteiger partial charge in [-0.1, -0.05) is 12.1 Å². The standard InChI is InChI=1S/C24H24N2O3/c27-24(19-6-3-7-20(16-19)25-11-1-2-12-25)26-13-4-8-21(26)18-9-10-22-23(17-18)29-15-5-14-28-22/h1-3,6-7,9-12,16-17,21H,4-5,8,13-15H2. The van der Waals surface area contributed by atoms with Crippen LogP contribution in [-0.2, 0) is 0 Å². The molecule has 1 saturated heterocycles. The second-order valence-corrected chi connectivity index (χ2v) is 7.55. The van der Waals surface area contributed by atoms with Gasteiger partial charge >= 0.3 is 0 Å². The molecule has 1 unspecified atom stereocenters. The van der Waals surface area contributed by atoms with Crippen molar-refractivity contribution in [3.8, 4) is 17.2 Å². The Morgan fingerprint density at radius 1 is 0.897 bits per heavy atom. The van der Waals surface area contributed by atoms with E-state index in [1.165, 1.54) is 0 Å². The number of aromatic nitrogens is 1. The summed E-state index contributed by atoms with van der Waals surface area (Å²) < 4.78 is 13.6. The van der Waals surface area contributed by atoms with Crippen LogP contribution in [0.1, 0.15) is 41.2 Å². The van der Waals surface area contributed by atoms with Gasteiger partial charge in [-0.15, -0.1) is 0 Å². The number of hydrogen-bond donors (Lipinski definition) is 0. The highest BCUT2D eigenvalue weighted by molar-refractivity contribution is 5.95. The average Bonchev–Trinajstić information content (AvgIpc) is 3.42. The largest absolute Gasteiger partial charge is 0.490 e. The molecule has 3 aromatic rings. The molecule has 2 aliphatic heterocycles. The summed E-state index contributed by atoms with van der Waals surface area (Å²) in [6, 6.07) is 17.9. The lowest BCUT2D eigenvalue weighted by atomic mass is 10.0. The molecule has 29 heavy (non-hydrogen) atoms. The number of likely N-dealkylation sites (tertiary alicyclic amines) is 1. The van der Waals surface area contributed by atoms with Crippen molar-refractivity contribution < 1.29 is 14.3 Å². The molecule has 0 aliphatic carbocycles. The van der Waals surface area contributed by atoms with E-state index >= 15 is 0 Å². The number of hydrogen-bond acceptors (Lipinski definition) is 3. The van der Waals surface area contributed by atoms with Crippen LogP contribution in [0.5, 0.6) is 11.5 Å². The van der Waals surface area contributed by atoms with E-state index in [0.717, 1.165) is 54.1 Å². The molecule has 2 aliphatic rings. The smallest absolute Gasteiger partial charge is 0.254 e. The molecule has 2 aromatic carbocycles. The van der Waals surface area contributed by atoms with Gasteiger partial charge in [0.05, 0.1) is 19.3 Å². The predicted molar refractivity (Wildman–Crippen MR) is 111 cm³/mol. The number of nitrogens with zero attached hydrogens (tertiary/aromatic N) is 2. The maximum absolute atomic E-state index is 13.4. The summed E-state index contributed by atoms with van der Waals surface area (Å²) in [6.07, 6.45) is 6.82. The minimum Gasteiger partial charge on any atom is -0.490 e. The highest BCUT2D eigenvalue weighted by Crippen LogP contribution is 2.38. The Labute approximate surface area is 170 Å². The van der Waals surface area contributed by atoms with Gasteiger partial charge in [-0.25, -0.2) is 0 Å². The molecule has 5 nitrogen and oxygen atoms in total. The molecule has 0 spiro atoms. The van der Waals surface area contributed by atoms with Crippen LogP contribution < -0.4 is 9.47 Å². The van der Waals surface area contributed by atoms with Crippen molar-refractivity contribution in [2.75, 3.05) is 19.8 Å². The first-order valence-corrected chi connectivity index (χ1v) is 10.2. The topological polar surface area (TPSA) is 43.7 Å². The van der Waals surface area contributed by atoms with E-state index in [-0.39, 0.29) is 11.9 Å². The van der Waals surface area contributed by atoms with Crippen LogP contribution in [-0.4, -0.2) is 35.1 Å². The Balaban J connectivity index is 1.42. The van der Waals surface area contributed by atoms with Crippen molar-refractivity contribution >= 4 is 5.91 Å². The second kappa shape index (κ2) is 7.66. The normalized spacial score (nSPS) is 18.5. The molecule has 148 valence electrons. The number of amides is 1. The van der Waals surface area contributed by atoms with Gasteiger partial charge in [-0.2, -0.15) is 0 Å². The molecule has 0 saturated carbocycles. The molecule has 1 aromatic heterocycles. The van der Waals surface area contributed by atoms with Gasteiger partial charge < -0.3 is 18.9 Å². The summed E-state index contributed by atoms with van der Waals surface area (Å²) in [5.74, 6) is 1.66. The molecule has 0 bridgehead atoms. The lowest BCUT2D eigenvalue weighted by molar-refractivity contribution is 0.0735. The maximum Gasteiger partial charge on any atom is 0.254 e. The third-order valence-corrected chi connectivity index (χ3v) is 5.67. The summed E-state index contributed by atoms with van der Waals surface area (Å²) in [7, 11) is 0. The lowest BCUT2D eigenvalue weighted by Gasteiger charge is -2.26. The fraction of sp³-hybridized carbons (Fsp3) is 0.292. The minimum atomic E-state index is 0.0647. The van der Waals surface area contributed by atoms with Gasteiger partial charge in [0.2, 0.25) is 0 Å². The molecule has 1 atom stereocenters. The fourth-order valence-corrected chi connectivity index (χ4v) is 4.22. The highest BCUT2D eigenvalue weighted by Gasteiger charge is 2.31. The van der Waals surface area contributed by atoms with E-state index < -0.39 is 0 Å². The molecular formula is C24H24N2O3.